The number of benzene rings is 4. The van der Waals surface area contributed by atoms with E-state index >= 15 is 4.39 Å². The van der Waals surface area contributed by atoms with Gasteiger partial charge in [-0.2, -0.15) is 0 Å². The van der Waals surface area contributed by atoms with Crippen LogP contribution in [0.25, 0.3) is 43.6 Å². The molecule has 8 aliphatic heterocycles. The molecule has 0 amide bonds. The third-order valence-electron chi connectivity index (χ3n) is 24.6. The van der Waals surface area contributed by atoms with Gasteiger partial charge >= 0.3 is 0 Å². The quantitative estimate of drug-likeness (QED) is 0.0916. The normalized spacial score (nSPS) is 20.7. The Bertz CT molecular complexity index is 4860. The minimum atomic E-state index is -0.685. The van der Waals surface area contributed by atoms with Crippen LogP contribution < -0.4 is 0 Å². The molecule has 0 spiro atoms. The number of aryl methyl sites for hydroxylation is 3. The number of fused-ring (bicyclic) bond motifs is 20. The van der Waals surface area contributed by atoms with Crippen LogP contribution in [0.1, 0.15) is 184 Å². The van der Waals surface area contributed by atoms with Crippen molar-refractivity contribution in [3.05, 3.63) is 258 Å². The number of rotatable bonds is 12. The Morgan fingerprint density at radius 2 is 0.729 bits per heavy atom. The van der Waals surface area contributed by atoms with Gasteiger partial charge in [0.1, 0.15) is 11.6 Å². The summed E-state index contributed by atoms with van der Waals surface area (Å²) in [6, 6.07) is 34.2. The van der Waals surface area contributed by atoms with Crippen LogP contribution in [0.3, 0.4) is 0 Å². The summed E-state index contributed by atoms with van der Waals surface area (Å²) in [6.07, 6.45) is 24.8. The zero-order valence-electron chi connectivity index (χ0n) is 61.2. The first-order valence-electron chi connectivity index (χ1n) is 38.6. The molecule has 554 valence electrons. The molecule has 8 aliphatic rings. The SMILES string of the molecule is Cc1cc(Cl)c2c(c1)c1c(n2CC(O)c2ccncc2)CCN2CCCC12.Cc1cc(F)c2c(c1)c1c(n2CC(O)c2ccncc2)CCN2CCCC12.Cc1cc(F)cc2c3c(n(CC(O)c4ccncc4)c12)CCN1CCCC31.OC(Cn1c2c(c3cc(Cl)ccc31)C1CCCN1CC2)c1ccncc1. The molecule has 4 saturated heterocycles. The van der Waals surface area contributed by atoms with Gasteiger partial charge in [0.05, 0.1) is 72.2 Å². The molecule has 16 nitrogen and oxygen atoms in total. The van der Waals surface area contributed by atoms with Crippen LogP contribution in [0.15, 0.2) is 153 Å². The monoisotopic (exact) mass is 1480 g/mol. The number of halogens is 4. The maximum atomic E-state index is 15.1. The van der Waals surface area contributed by atoms with E-state index in [-0.39, 0.29) is 11.6 Å². The first kappa shape index (κ1) is 71.7. The van der Waals surface area contributed by atoms with Gasteiger partial charge in [-0.05, 0) is 263 Å². The predicted octanol–water partition coefficient (Wildman–Crippen LogP) is 16.4. The van der Waals surface area contributed by atoms with E-state index in [0.29, 0.717) is 55.9 Å². The fourth-order valence-electron chi connectivity index (χ4n) is 20.0. The average Bonchev–Trinajstić information content (AvgIpc) is 1.61. The second-order valence-corrected chi connectivity index (χ2v) is 31.8. The number of hydrogen-bond acceptors (Lipinski definition) is 12. The van der Waals surface area contributed by atoms with Crippen molar-refractivity contribution < 1.29 is 29.2 Å². The summed E-state index contributed by atoms with van der Waals surface area (Å²) in [5, 5.41) is 49.5. The van der Waals surface area contributed by atoms with Crippen LogP contribution in [-0.4, -0.2) is 131 Å². The van der Waals surface area contributed by atoms with Gasteiger partial charge < -0.3 is 38.7 Å². The van der Waals surface area contributed by atoms with Gasteiger partial charge in [0.2, 0.25) is 0 Å². The standard InChI is InChI=1S/C22H24ClN3O.2C22H24FN3O.C21H22ClN3O/c1-14-11-16-21-18-3-2-9-25(18)10-6-19(21)26(22(16)17(23)12-14)13-20(27)15-4-7-24-8-5-15;1-14-11-16(23)12-17-21-18-3-2-9-25(18)10-6-19(21)26(22(14)17)13-20(27)15-4-7-24-8-5-15;1-14-11-16-21-18-3-2-9-25(18)10-6-19(21)26(22(16)17(23)12-14)13-20(27)15-4-7-24-8-5-15;22-15-3-4-17-16(12-15)21-18-2-1-10-24(18)11-7-19(21)25(17)13-20(26)14-5-8-23-9-6-14/h3*4-5,7-8,11-12,18,20,27H,2-3,6,9-10,13H2,1H3;3-6,8-9,12,18,20,26H,1-2,7,10-11,13H2. The summed E-state index contributed by atoms with van der Waals surface area (Å²) in [4.78, 5) is 26.5. The summed E-state index contributed by atoms with van der Waals surface area (Å²) >= 11 is 13.1. The third kappa shape index (κ3) is 13.6. The summed E-state index contributed by atoms with van der Waals surface area (Å²) in [5.74, 6) is -0.365. The second kappa shape index (κ2) is 30.3. The molecule has 8 atom stereocenters. The maximum Gasteiger partial charge on any atom is 0.147 e. The third-order valence-corrected chi connectivity index (χ3v) is 25.1. The Balaban J connectivity index is 0.000000105. The van der Waals surface area contributed by atoms with Crippen molar-refractivity contribution in [2.45, 2.75) is 173 Å². The lowest BCUT2D eigenvalue weighted by atomic mass is 9.95. The molecule has 0 saturated carbocycles. The molecule has 0 aliphatic carbocycles. The lowest BCUT2D eigenvalue weighted by Gasteiger charge is -2.31. The van der Waals surface area contributed by atoms with E-state index in [1.807, 2.05) is 79.1 Å². The van der Waals surface area contributed by atoms with Crippen LogP contribution in [0.5, 0.6) is 0 Å². The molecule has 107 heavy (non-hydrogen) atoms. The van der Waals surface area contributed by atoms with E-state index in [4.69, 9.17) is 23.2 Å². The van der Waals surface area contributed by atoms with Gasteiger partial charge in [-0.1, -0.05) is 23.2 Å². The zero-order valence-corrected chi connectivity index (χ0v) is 62.7. The molecule has 20 heteroatoms. The van der Waals surface area contributed by atoms with Crippen molar-refractivity contribution >= 4 is 66.8 Å². The van der Waals surface area contributed by atoms with Gasteiger partial charge in [-0.25, -0.2) is 8.78 Å². The number of aliphatic hydroxyl groups excluding tert-OH is 4. The van der Waals surface area contributed by atoms with Gasteiger partial charge in [0.15, 0.2) is 0 Å². The molecular formula is C87H94Cl2F2N12O4. The van der Waals surface area contributed by atoms with E-state index in [1.165, 1.54) is 118 Å². The van der Waals surface area contributed by atoms with E-state index in [0.717, 1.165) is 143 Å². The molecule has 4 fully saturated rings. The smallest absolute Gasteiger partial charge is 0.147 e. The minimum Gasteiger partial charge on any atom is -0.387 e. The topological polar surface area (TPSA) is 165 Å². The molecule has 0 radical (unpaired) electrons. The molecule has 12 aromatic rings. The minimum absolute atomic E-state index is 0.176. The summed E-state index contributed by atoms with van der Waals surface area (Å²) in [6.45, 7) is 16.8. The van der Waals surface area contributed by atoms with Gasteiger partial charge in [0, 0.05) is 180 Å². The van der Waals surface area contributed by atoms with Gasteiger partial charge in [-0.15, -0.1) is 0 Å². The van der Waals surface area contributed by atoms with Crippen molar-refractivity contribution in [1.29, 1.82) is 0 Å². The fourth-order valence-corrected chi connectivity index (χ4v) is 20.5. The highest BCUT2D eigenvalue weighted by molar-refractivity contribution is 6.35. The number of hydrogen-bond donors (Lipinski definition) is 4. The van der Waals surface area contributed by atoms with Crippen LogP contribution in [0, 0.1) is 32.4 Å². The first-order chi connectivity index (χ1) is 52.1. The van der Waals surface area contributed by atoms with Crippen molar-refractivity contribution in [3.8, 4) is 0 Å². The van der Waals surface area contributed by atoms with E-state index in [1.54, 1.807) is 67.8 Å². The average molecular weight is 1480 g/mol. The molecule has 8 aromatic heterocycles. The Labute approximate surface area is 633 Å². The van der Waals surface area contributed by atoms with E-state index in [2.05, 4.69) is 84.4 Å². The molecule has 0 bridgehead atoms. The van der Waals surface area contributed by atoms with E-state index < -0.39 is 24.4 Å². The van der Waals surface area contributed by atoms with Crippen LogP contribution in [0.2, 0.25) is 10.0 Å². The Kier molecular flexibility index (Phi) is 20.3. The molecular weight excluding hydrogens is 1390 g/mol. The molecule has 4 N–H and O–H groups in total. The van der Waals surface area contributed by atoms with Gasteiger partial charge in [-0.3, -0.25) is 39.5 Å². The highest BCUT2D eigenvalue weighted by Gasteiger charge is 2.41. The summed E-state index contributed by atoms with van der Waals surface area (Å²) in [7, 11) is 0. The largest absolute Gasteiger partial charge is 0.387 e. The number of aromatic nitrogens is 8. The van der Waals surface area contributed by atoms with Crippen LogP contribution >= 0.6 is 23.2 Å². The van der Waals surface area contributed by atoms with E-state index in [9.17, 15) is 24.8 Å². The van der Waals surface area contributed by atoms with Crippen molar-refractivity contribution in [3.63, 3.8) is 0 Å². The Morgan fingerprint density at radius 3 is 1.15 bits per heavy atom. The lowest BCUT2D eigenvalue weighted by Crippen LogP contribution is -2.31. The van der Waals surface area contributed by atoms with Crippen LogP contribution in [0.4, 0.5) is 8.78 Å². The molecule has 4 aromatic carbocycles. The molecule has 16 heterocycles. The summed E-state index contributed by atoms with van der Waals surface area (Å²) < 4.78 is 38.2. The van der Waals surface area contributed by atoms with Crippen molar-refractivity contribution in [2.24, 2.45) is 0 Å². The van der Waals surface area contributed by atoms with Crippen molar-refractivity contribution in [1.82, 2.24) is 57.8 Å². The summed E-state index contributed by atoms with van der Waals surface area (Å²) in [5.41, 5.74) is 21.2. The lowest BCUT2D eigenvalue weighted by molar-refractivity contribution is 0.154. The zero-order chi connectivity index (χ0) is 73.3. The first-order valence-corrected chi connectivity index (χ1v) is 39.4. The molecule has 20 rings (SSSR count). The van der Waals surface area contributed by atoms with Crippen molar-refractivity contribution in [2.75, 3.05) is 52.4 Å². The number of aliphatic hydroxyl groups is 4. The molecule has 8 unspecified atom stereocenters. The second-order valence-electron chi connectivity index (χ2n) is 30.9. The van der Waals surface area contributed by atoms with Crippen LogP contribution in [-0.2, 0) is 51.9 Å². The fraction of sp³-hybridized carbons (Fsp3) is 0.402. The maximum absolute atomic E-state index is 15.1. The van der Waals surface area contributed by atoms with Gasteiger partial charge in [0.25, 0.3) is 0 Å². The number of nitrogens with zero attached hydrogens (tertiary/aromatic N) is 12. The Morgan fingerprint density at radius 1 is 0.383 bits per heavy atom. The highest BCUT2D eigenvalue weighted by atomic mass is 35.5. The predicted molar refractivity (Wildman–Crippen MR) is 418 cm³/mol. The highest BCUT2D eigenvalue weighted by Crippen LogP contribution is 2.50. The Hall–Kier alpha value is -8.24. The number of pyridine rings is 4.